The van der Waals surface area contributed by atoms with Crippen LogP contribution in [-0.4, -0.2) is 23.0 Å². The van der Waals surface area contributed by atoms with Crippen LogP contribution in [0.1, 0.15) is 38.7 Å². The van der Waals surface area contributed by atoms with E-state index in [9.17, 15) is 0 Å². The first-order valence-corrected chi connectivity index (χ1v) is 6.88. The maximum Gasteiger partial charge on any atom is 0.0880 e. The third-order valence-corrected chi connectivity index (χ3v) is 4.44. The van der Waals surface area contributed by atoms with Gasteiger partial charge in [-0.3, -0.25) is 0 Å². The zero-order valence-corrected chi connectivity index (χ0v) is 11.6. The number of likely N-dealkylation sites (tertiary alicyclic amines) is 1. The number of nitrogens with zero attached hydrogens (tertiary/aromatic N) is 1. The Balaban J connectivity index is 2.17. The second kappa shape index (κ2) is 5.18. The smallest absolute Gasteiger partial charge is 0.0880 e. The Morgan fingerprint density at radius 2 is 1.65 bits per heavy atom. The van der Waals surface area contributed by atoms with Gasteiger partial charge in [-0.1, -0.05) is 42.5 Å². The molecule has 1 heterocycles. The predicted molar refractivity (Wildman–Crippen MR) is 77.5 cm³/mol. The quantitative estimate of drug-likeness (QED) is 0.732. The van der Waals surface area contributed by atoms with Gasteiger partial charge in [0.25, 0.3) is 0 Å². The largest absolute Gasteiger partial charge is 0.365 e. The van der Waals surface area contributed by atoms with Crippen molar-refractivity contribution in [2.24, 2.45) is 0 Å². The van der Waals surface area contributed by atoms with Gasteiger partial charge < -0.3 is 4.90 Å². The molecule has 17 heavy (non-hydrogen) atoms. The van der Waals surface area contributed by atoms with Crippen LogP contribution in [0, 0.1) is 0 Å². The van der Waals surface area contributed by atoms with E-state index in [1.54, 1.807) is 0 Å². The molecule has 1 nitrogen and oxygen atoms in total. The minimum atomic E-state index is -0.0338. The first kappa shape index (κ1) is 12.6. The molecule has 0 amide bonds. The highest BCUT2D eigenvalue weighted by Crippen LogP contribution is 2.28. The molecular formula is C15H21NS. The normalized spacial score (nSPS) is 16.9. The topological polar surface area (TPSA) is 3.24 Å². The van der Waals surface area contributed by atoms with Gasteiger partial charge in [-0.2, -0.15) is 0 Å². The molecule has 1 aliphatic rings. The van der Waals surface area contributed by atoms with Crippen molar-refractivity contribution < 1.29 is 0 Å². The summed E-state index contributed by atoms with van der Waals surface area (Å²) in [4.78, 5) is 3.50. The van der Waals surface area contributed by atoms with E-state index in [4.69, 9.17) is 12.2 Å². The summed E-state index contributed by atoms with van der Waals surface area (Å²) in [6.45, 7) is 6.74. The molecule has 1 aromatic rings. The fourth-order valence-corrected chi connectivity index (χ4v) is 2.77. The third-order valence-electron chi connectivity index (χ3n) is 3.67. The average Bonchev–Trinajstić information content (AvgIpc) is 2.40. The van der Waals surface area contributed by atoms with Crippen molar-refractivity contribution in [2.45, 2.75) is 38.5 Å². The molecule has 1 aliphatic heterocycles. The predicted octanol–water partition coefficient (Wildman–Crippen LogP) is 3.78. The van der Waals surface area contributed by atoms with Crippen LogP contribution in [0.2, 0.25) is 0 Å². The summed E-state index contributed by atoms with van der Waals surface area (Å²) >= 11 is 5.72. The molecule has 0 unspecified atom stereocenters. The van der Waals surface area contributed by atoms with Crippen LogP contribution in [0.4, 0.5) is 0 Å². The van der Waals surface area contributed by atoms with Gasteiger partial charge >= 0.3 is 0 Å². The molecule has 0 saturated carbocycles. The van der Waals surface area contributed by atoms with Crippen LogP contribution >= 0.6 is 12.2 Å². The highest BCUT2D eigenvalue weighted by atomic mass is 32.1. The molecule has 2 rings (SSSR count). The van der Waals surface area contributed by atoms with Gasteiger partial charge in [0.05, 0.1) is 4.99 Å². The monoisotopic (exact) mass is 247 g/mol. The highest BCUT2D eigenvalue weighted by molar-refractivity contribution is 7.80. The summed E-state index contributed by atoms with van der Waals surface area (Å²) in [5.41, 5.74) is 1.28. The first-order chi connectivity index (χ1) is 8.12. The standard InChI is InChI=1S/C15H21NS/c1-15(2,13-9-5-3-6-10-13)14(17)16-11-7-4-8-12-16/h3,5-6,9-10H,4,7-8,11-12H2,1-2H3. The lowest BCUT2D eigenvalue weighted by atomic mass is 9.83. The van der Waals surface area contributed by atoms with Crippen molar-refractivity contribution in [3.05, 3.63) is 35.9 Å². The Kier molecular flexibility index (Phi) is 3.82. The van der Waals surface area contributed by atoms with Gasteiger partial charge in [0.15, 0.2) is 0 Å². The molecule has 0 bridgehead atoms. The summed E-state index contributed by atoms with van der Waals surface area (Å²) in [5.74, 6) is 0. The van der Waals surface area contributed by atoms with Crippen LogP contribution in [0.3, 0.4) is 0 Å². The van der Waals surface area contributed by atoms with Gasteiger partial charge in [0, 0.05) is 18.5 Å². The Labute approximate surface area is 110 Å². The molecule has 0 radical (unpaired) electrons. The Hall–Kier alpha value is -0.890. The van der Waals surface area contributed by atoms with E-state index in [2.05, 4.69) is 49.1 Å². The molecule has 92 valence electrons. The average molecular weight is 247 g/mol. The number of hydrogen-bond donors (Lipinski definition) is 0. The lowest BCUT2D eigenvalue weighted by Crippen LogP contribution is -2.44. The zero-order chi connectivity index (χ0) is 12.3. The van der Waals surface area contributed by atoms with Crippen molar-refractivity contribution >= 4 is 17.2 Å². The van der Waals surface area contributed by atoms with E-state index >= 15 is 0 Å². The van der Waals surface area contributed by atoms with Gasteiger partial charge in [-0.15, -0.1) is 0 Å². The van der Waals surface area contributed by atoms with Crippen molar-refractivity contribution in [1.29, 1.82) is 0 Å². The van der Waals surface area contributed by atoms with Crippen molar-refractivity contribution in [2.75, 3.05) is 13.1 Å². The van der Waals surface area contributed by atoms with E-state index < -0.39 is 0 Å². The first-order valence-electron chi connectivity index (χ1n) is 6.47. The number of benzene rings is 1. The highest BCUT2D eigenvalue weighted by Gasteiger charge is 2.30. The van der Waals surface area contributed by atoms with E-state index in [1.165, 1.54) is 24.8 Å². The van der Waals surface area contributed by atoms with Crippen LogP contribution in [0.25, 0.3) is 0 Å². The summed E-state index contributed by atoms with van der Waals surface area (Å²) < 4.78 is 0. The maximum atomic E-state index is 5.72. The minimum absolute atomic E-state index is 0.0338. The molecule has 1 saturated heterocycles. The molecule has 2 heteroatoms. The van der Waals surface area contributed by atoms with Crippen molar-refractivity contribution in [3.8, 4) is 0 Å². The SMILES string of the molecule is CC(C)(C(=S)N1CCCCC1)c1ccccc1. The fraction of sp³-hybridized carbons (Fsp3) is 0.533. The molecular weight excluding hydrogens is 226 g/mol. The van der Waals surface area contributed by atoms with Crippen LogP contribution < -0.4 is 0 Å². The number of piperidine rings is 1. The molecule has 0 atom stereocenters. The maximum absolute atomic E-state index is 5.72. The second-order valence-corrected chi connectivity index (χ2v) is 5.73. The van der Waals surface area contributed by atoms with Gasteiger partial charge in [-0.05, 0) is 38.7 Å². The third kappa shape index (κ3) is 2.68. The van der Waals surface area contributed by atoms with Crippen LogP contribution in [-0.2, 0) is 5.41 Å². The van der Waals surface area contributed by atoms with Crippen LogP contribution in [0.5, 0.6) is 0 Å². The van der Waals surface area contributed by atoms with Gasteiger partial charge in [0.2, 0.25) is 0 Å². The molecule has 0 aliphatic carbocycles. The van der Waals surface area contributed by atoms with Gasteiger partial charge in [-0.25, -0.2) is 0 Å². The Bertz CT molecular complexity index is 377. The lowest BCUT2D eigenvalue weighted by molar-refractivity contribution is 0.330. The molecule has 0 N–H and O–H groups in total. The molecule has 0 spiro atoms. The fourth-order valence-electron chi connectivity index (χ4n) is 2.47. The summed E-state index contributed by atoms with van der Waals surface area (Å²) in [7, 11) is 0. The van der Waals surface area contributed by atoms with Gasteiger partial charge in [0.1, 0.15) is 0 Å². The zero-order valence-electron chi connectivity index (χ0n) is 10.8. The Morgan fingerprint density at radius 1 is 1.06 bits per heavy atom. The van der Waals surface area contributed by atoms with E-state index in [1.807, 2.05) is 0 Å². The number of hydrogen-bond acceptors (Lipinski definition) is 1. The van der Waals surface area contributed by atoms with E-state index in [0.717, 1.165) is 18.1 Å². The summed E-state index contributed by atoms with van der Waals surface area (Å²) in [5, 5.41) is 0. The Morgan fingerprint density at radius 3 is 2.24 bits per heavy atom. The summed E-state index contributed by atoms with van der Waals surface area (Å²) in [6.07, 6.45) is 3.92. The molecule has 0 aromatic heterocycles. The molecule has 1 fully saturated rings. The van der Waals surface area contributed by atoms with Crippen LogP contribution in [0.15, 0.2) is 30.3 Å². The van der Waals surface area contributed by atoms with Crippen molar-refractivity contribution in [3.63, 3.8) is 0 Å². The number of thiocarbonyl (C=S) groups is 1. The summed E-state index contributed by atoms with van der Waals surface area (Å²) in [6, 6.07) is 10.6. The number of rotatable bonds is 2. The van der Waals surface area contributed by atoms with E-state index in [-0.39, 0.29) is 5.41 Å². The minimum Gasteiger partial charge on any atom is -0.365 e. The van der Waals surface area contributed by atoms with Crippen molar-refractivity contribution in [1.82, 2.24) is 4.90 Å². The lowest BCUT2D eigenvalue weighted by Gasteiger charge is -2.37. The van der Waals surface area contributed by atoms with E-state index in [0.29, 0.717) is 0 Å². The molecule has 1 aromatic carbocycles. The second-order valence-electron chi connectivity index (χ2n) is 5.34.